The van der Waals surface area contributed by atoms with Crippen LogP contribution in [0, 0.1) is 0 Å². The van der Waals surface area contributed by atoms with Crippen LogP contribution >= 0.6 is 7.34 Å². The van der Waals surface area contributed by atoms with E-state index in [0.29, 0.717) is 0 Å². The topological polar surface area (TPSA) is 52.5 Å². The Hall–Kier alpha value is 0.180. The number of nitrogens with one attached hydrogen (secondary N) is 1. The lowest BCUT2D eigenvalue weighted by Gasteiger charge is -2.08. The molecule has 0 aliphatic rings. The molecule has 3 N–H and O–H groups in total. The van der Waals surface area contributed by atoms with Gasteiger partial charge in [-0.1, -0.05) is 0 Å². The van der Waals surface area contributed by atoms with E-state index >= 15 is 0 Å². The Bertz CT molecular complexity index is 107. The minimum Gasteiger partial charge on any atom is -0.352 e. The highest BCUT2D eigenvalue weighted by molar-refractivity contribution is 7.63. The van der Waals surface area contributed by atoms with Crippen molar-refractivity contribution in [3.8, 4) is 0 Å². The predicted octanol–water partition coefficient (Wildman–Crippen LogP) is -0.182. The van der Waals surface area contributed by atoms with Gasteiger partial charge < -0.3 is 15.1 Å². The molecule has 0 radical (unpaired) electrons. The highest BCUT2D eigenvalue weighted by atomic mass is 31.2. The molecule has 8 heavy (non-hydrogen) atoms. The molecule has 0 aromatic heterocycles. The van der Waals surface area contributed by atoms with Crippen LogP contribution in [0.5, 0.6) is 0 Å². The summed E-state index contributed by atoms with van der Waals surface area (Å²) in [6.45, 7) is 1.64. The molecule has 0 unspecified atom stereocenters. The molecule has 0 fully saturated rings. The molecule has 50 valence electrons. The average Bonchev–Trinajstić information content (AvgIpc) is 1.67. The third-order valence-corrected chi connectivity index (χ3v) is 2.41. The van der Waals surface area contributed by atoms with Gasteiger partial charge in [0.25, 0.3) is 0 Å². The Labute approximate surface area is 49.5 Å². The quantitative estimate of drug-likeness (QED) is 0.463. The molecule has 0 rings (SSSR count). The van der Waals surface area contributed by atoms with Gasteiger partial charge in [-0.25, -0.2) is 0 Å². The van der Waals surface area contributed by atoms with Crippen LogP contribution in [-0.4, -0.2) is 28.9 Å². The molecular weight excluding hydrogens is 125 g/mol. The Morgan fingerprint density at radius 2 is 2.12 bits per heavy atom. The molecule has 0 heterocycles. The average molecular weight is 137 g/mol. The second-order valence-corrected chi connectivity index (χ2v) is 3.96. The number of rotatable bonds is 2. The molecule has 0 saturated heterocycles. The van der Waals surface area contributed by atoms with Crippen molar-refractivity contribution in [3.63, 3.8) is 0 Å². The molecule has 3 nitrogen and oxygen atoms in total. The normalized spacial score (nSPS) is 11.5. The second kappa shape index (κ2) is 3.25. The van der Waals surface area contributed by atoms with E-state index in [1.54, 1.807) is 14.0 Å². The first kappa shape index (κ1) is 8.18. The lowest BCUT2D eigenvalue weighted by atomic mass is 11.0. The summed E-state index contributed by atoms with van der Waals surface area (Å²) in [5.74, 6) is 1.43. The molecular formula is C4H12NO2P. The minimum absolute atomic E-state index is 0.281. The van der Waals surface area contributed by atoms with Gasteiger partial charge in [0.05, 0.1) is 6.29 Å². The van der Waals surface area contributed by atoms with E-state index < -0.39 is 7.34 Å². The van der Waals surface area contributed by atoms with Crippen LogP contribution in [-0.2, 0) is 0 Å². The van der Waals surface area contributed by atoms with Gasteiger partial charge >= 0.3 is 0 Å². The minimum atomic E-state index is -2.66. The summed E-state index contributed by atoms with van der Waals surface area (Å²) in [6.07, 6.45) is 0.281. The fraction of sp³-hybridized carbons (Fsp3) is 0.750. The number of hydrogen-bond donors (Lipinski definition) is 3. The van der Waals surface area contributed by atoms with Crippen LogP contribution in [0.25, 0.3) is 0 Å². The smallest absolute Gasteiger partial charge is 0.128 e. The Kier molecular flexibility index (Phi) is 3.33. The van der Waals surface area contributed by atoms with E-state index in [2.05, 4.69) is 5.32 Å². The van der Waals surface area contributed by atoms with E-state index in [4.69, 9.17) is 9.79 Å². The van der Waals surface area contributed by atoms with Crippen LogP contribution in [0.3, 0.4) is 0 Å². The number of hydrogen-bond acceptors (Lipinski definition) is 3. The summed E-state index contributed by atoms with van der Waals surface area (Å²) in [5.41, 5.74) is 0. The molecule has 0 bridgehead atoms. The van der Waals surface area contributed by atoms with Gasteiger partial charge in [0.2, 0.25) is 0 Å². The van der Waals surface area contributed by atoms with E-state index in [0.717, 1.165) is 0 Å². The van der Waals surface area contributed by atoms with Crippen LogP contribution in [0.4, 0.5) is 0 Å². The predicted molar refractivity (Wildman–Crippen MR) is 37.0 cm³/mol. The highest BCUT2D eigenvalue weighted by Gasteiger charge is 2.01. The zero-order chi connectivity index (χ0) is 6.62. The molecule has 0 aromatic carbocycles. The summed E-state index contributed by atoms with van der Waals surface area (Å²) < 4.78 is 0. The SMILES string of the molecule is CC=P(O)(O)CNC. The van der Waals surface area contributed by atoms with Gasteiger partial charge in [-0.15, -0.1) is 0 Å². The molecule has 0 aromatic rings. The monoisotopic (exact) mass is 137 g/mol. The molecule has 0 aliphatic carbocycles. The summed E-state index contributed by atoms with van der Waals surface area (Å²) in [4.78, 5) is 17.7. The first-order valence-corrected chi connectivity index (χ1v) is 4.35. The fourth-order valence-electron chi connectivity index (χ4n) is 0.324. The van der Waals surface area contributed by atoms with Crippen molar-refractivity contribution in [2.75, 3.05) is 13.3 Å². The van der Waals surface area contributed by atoms with E-state index in [1.807, 2.05) is 0 Å². The molecule has 0 spiro atoms. The fourth-order valence-corrected chi connectivity index (χ4v) is 0.972. The molecule has 0 aliphatic heterocycles. The third-order valence-electron chi connectivity index (χ3n) is 0.804. The van der Waals surface area contributed by atoms with Crippen LogP contribution in [0.2, 0.25) is 0 Å². The summed E-state index contributed by atoms with van der Waals surface area (Å²) in [7, 11) is -0.974. The first-order chi connectivity index (χ1) is 3.62. The standard InChI is InChI=1S/C4H12NO2P/c1-3-8(6,7)4-5-2/h3,5-7H,4H2,1-2H3. The highest BCUT2D eigenvalue weighted by Crippen LogP contribution is 2.33. The molecule has 0 atom stereocenters. The second-order valence-electron chi connectivity index (χ2n) is 1.56. The van der Waals surface area contributed by atoms with Crippen molar-refractivity contribution >= 4 is 13.1 Å². The van der Waals surface area contributed by atoms with Gasteiger partial charge in [0.15, 0.2) is 0 Å². The van der Waals surface area contributed by atoms with Crippen LogP contribution in [0.1, 0.15) is 6.92 Å². The maximum atomic E-state index is 8.87. The van der Waals surface area contributed by atoms with Crippen molar-refractivity contribution in [1.29, 1.82) is 0 Å². The lowest BCUT2D eigenvalue weighted by molar-refractivity contribution is 0.471. The van der Waals surface area contributed by atoms with Gasteiger partial charge in [-0.2, -0.15) is 0 Å². The summed E-state index contributed by atoms with van der Waals surface area (Å²) in [5, 5.41) is 2.68. The van der Waals surface area contributed by atoms with E-state index in [-0.39, 0.29) is 6.29 Å². The zero-order valence-corrected chi connectivity index (χ0v) is 6.02. The van der Waals surface area contributed by atoms with E-state index in [9.17, 15) is 0 Å². The van der Waals surface area contributed by atoms with Gasteiger partial charge in [-0.3, -0.25) is 0 Å². The molecule has 0 saturated carbocycles. The van der Waals surface area contributed by atoms with Crippen molar-refractivity contribution in [2.24, 2.45) is 0 Å². The van der Waals surface area contributed by atoms with Gasteiger partial charge in [0.1, 0.15) is 7.34 Å². The Balaban J connectivity index is 3.74. The van der Waals surface area contributed by atoms with Crippen LogP contribution in [0.15, 0.2) is 0 Å². The van der Waals surface area contributed by atoms with Crippen molar-refractivity contribution in [2.45, 2.75) is 6.92 Å². The maximum absolute atomic E-state index is 8.87. The zero-order valence-electron chi connectivity index (χ0n) is 5.13. The summed E-state index contributed by atoms with van der Waals surface area (Å²) in [6, 6.07) is 0. The molecule has 4 heteroatoms. The third kappa shape index (κ3) is 3.22. The van der Waals surface area contributed by atoms with Crippen molar-refractivity contribution in [3.05, 3.63) is 0 Å². The van der Waals surface area contributed by atoms with E-state index in [1.165, 1.54) is 5.80 Å². The summed E-state index contributed by atoms with van der Waals surface area (Å²) >= 11 is 0. The molecule has 0 amide bonds. The largest absolute Gasteiger partial charge is 0.352 e. The van der Waals surface area contributed by atoms with Crippen molar-refractivity contribution in [1.82, 2.24) is 5.32 Å². The van der Waals surface area contributed by atoms with Crippen LogP contribution < -0.4 is 5.32 Å². The van der Waals surface area contributed by atoms with Gasteiger partial charge in [0, 0.05) is 0 Å². The van der Waals surface area contributed by atoms with Crippen molar-refractivity contribution < 1.29 is 9.79 Å². The maximum Gasteiger partial charge on any atom is 0.128 e. The Morgan fingerprint density at radius 1 is 1.62 bits per heavy atom. The lowest BCUT2D eigenvalue weighted by Crippen LogP contribution is -2.08. The van der Waals surface area contributed by atoms with Gasteiger partial charge in [-0.05, 0) is 19.8 Å². The Morgan fingerprint density at radius 3 is 2.25 bits per heavy atom. The first-order valence-electron chi connectivity index (χ1n) is 2.41.